The fourth-order valence-electron chi connectivity index (χ4n) is 3.79. The molecule has 3 aromatic rings. The van der Waals surface area contributed by atoms with E-state index in [-0.39, 0.29) is 36.1 Å². The van der Waals surface area contributed by atoms with Gasteiger partial charge in [-0.1, -0.05) is 36.4 Å². The predicted octanol–water partition coefficient (Wildman–Crippen LogP) is 3.79. The molecular weight excluding hydrogens is 372 g/mol. The van der Waals surface area contributed by atoms with Crippen LogP contribution in [0.25, 0.3) is 0 Å². The second-order valence-electron chi connectivity index (χ2n) is 6.91. The lowest BCUT2D eigenvalue weighted by molar-refractivity contribution is -0.135. The monoisotopic (exact) mass is 388 g/mol. The highest BCUT2D eigenvalue weighted by Gasteiger charge is 2.34. The Kier molecular flexibility index (Phi) is 3.98. The maximum Gasteiger partial charge on any atom is 0.312 e. The van der Waals surface area contributed by atoms with Crippen LogP contribution >= 0.6 is 0 Å². The van der Waals surface area contributed by atoms with Crippen molar-refractivity contribution < 1.29 is 28.9 Å². The van der Waals surface area contributed by atoms with Gasteiger partial charge in [0.25, 0.3) is 0 Å². The zero-order valence-electron chi connectivity index (χ0n) is 15.3. The van der Waals surface area contributed by atoms with E-state index in [0.29, 0.717) is 22.6 Å². The Hall–Kier alpha value is -3.80. The summed E-state index contributed by atoms with van der Waals surface area (Å²) in [6.45, 7) is 0.142. The van der Waals surface area contributed by atoms with Crippen molar-refractivity contribution in [1.29, 1.82) is 0 Å². The summed E-state index contributed by atoms with van der Waals surface area (Å²) in [6, 6.07) is 17.2. The molecular formula is C23H16O6. The van der Waals surface area contributed by atoms with Crippen LogP contribution in [-0.4, -0.2) is 23.7 Å². The van der Waals surface area contributed by atoms with E-state index >= 15 is 0 Å². The number of carbonyl (C=O) groups excluding carboxylic acids is 2. The summed E-state index contributed by atoms with van der Waals surface area (Å²) in [5.41, 5.74) is 1.82. The summed E-state index contributed by atoms with van der Waals surface area (Å²) in [5.74, 6) is 0.124. The van der Waals surface area contributed by atoms with Crippen LogP contribution in [0.15, 0.2) is 60.7 Å². The van der Waals surface area contributed by atoms with E-state index in [4.69, 9.17) is 14.2 Å². The smallest absolute Gasteiger partial charge is 0.312 e. The minimum absolute atomic E-state index is 0.0448. The van der Waals surface area contributed by atoms with Gasteiger partial charge in [-0.25, -0.2) is 0 Å². The Morgan fingerprint density at radius 2 is 1.69 bits per heavy atom. The van der Waals surface area contributed by atoms with Crippen LogP contribution in [0.3, 0.4) is 0 Å². The quantitative estimate of drug-likeness (QED) is 0.418. The van der Waals surface area contributed by atoms with Gasteiger partial charge in [-0.2, -0.15) is 0 Å². The molecule has 0 saturated carbocycles. The van der Waals surface area contributed by atoms with Gasteiger partial charge in [0.15, 0.2) is 17.3 Å². The number of rotatable bonds is 3. The van der Waals surface area contributed by atoms with Gasteiger partial charge < -0.3 is 19.3 Å². The maximum absolute atomic E-state index is 12.9. The maximum atomic E-state index is 12.9. The van der Waals surface area contributed by atoms with Crippen molar-refractivity contribution in [3.8, 4) is 23.0 Å². The summed E-state index contributed by atoms with van der Waals surface area (Å²) < 4.78 is 16.1. The highest BCUT2D eigenvalue weighted by atomic mass is 16.7. The molecule has 2 aliphatic rings. The Labute approximate surface area is 166 Å². The third-order valence-electron chi connectivity index (χ3n) is 5.20. The second-order valence-corrected chi connectivity index (χ2v) is 6.91. The van der Waals surface area contributed by atoms with Gasteiger partial charge in [-0.15, -0.1) is 0 Å². The molecule has 0 radical (unpaired) electrons. The van der Waals surface area contributed by atoms with Crippen LogP contribution in [0.1, 0.15) is 39.4 Å². The minimum Gasteiger partial charge on any atom is -0.507 e. The molecule has 0 amide bonds. The van der Waals surface area contributed by atoms with Gasteiger partial charge in [-0.3, -0.25) is 9.59 Å². The van der Waals surface area contributed by atoms with E-state index in [1.54, 1.807) is 42.5 Å². The number of ketones is 1. The molecule has 144 valence electrons. The van der Waals surface area contributed by atoms with Crippen molar-refractivity contribution in [2.75, 3.05) is 6.79 Å². The SMILES string of the molecule is O=C1CC(c2ccc3c(c2)OCO3)c2c(ccc(C(=O)c3ccccc3)c2O)O1. The largest absolute Gasteiger partial charge is 0.507 e. The first-order valence-corrected chi connectivity index (χ1v) is 9.17. The van der Waals surface area contributed by atoms with Gasteiger partial charge in [0.1, 0.15) is 11.5 Å². The number of aromatic hydroxyl groups is 1. The Morgan fingerprint density at radius 1 is 0.931 bits per heavy atom. The van der Waals surface area contributed by atoms with Crippen molar-refractivity contribution in [2.24, 2.45) is 0 Å². The van der Waals surface area contributed by atoms with Crippen LogP contribution in [0.2, 0.25) is 0 Å². The third-order valence-corrected chi connectivity index (χ3v) is 5.20. The number of hydrogen-bond donors (Lipinski definition) is 1. The second kappa shape index (κ2) is 6.67. The molecule has 6 nitrogen and oxygen atoms in total. The number of phenolic OH excluding ortho intramolecular Hbond substituents is 1. The molecule has 5 rings (SSSR count). The standard InChI is InChI=1S/C23H16O6/c24-20-11-16(14-6-8-17-19(10-14)28-12-27-17)21-18(29-20)9-7-15(23(21)26)22(25)13-4-2-1-3-5-13/h1-10,16,26H,11-12H2. The number of esters is 1. The molecule has 0 fully saturated rings. The molecule has 6 heteroatoms. The Bertz CT molecular complexity index is 1140. The van der Waals surface area contributed by atoms with Crippen molar-refractivity contribution >= 4 is 11.8 Å². The number of ether oxygens (including phenoxy) is 3. The number of fused-ring (bicyclic) bond motifs is 2. The number of benzene rings is 3. The van der Waals surface area contributed by atoms with Gasteiger partial charge >= 0.3 is 5.97 Å². The highest BCUT2D eigenvalue weighted by molar-refractivity contribution is 6.11. The molecule has 3 aromatic carbocycles. The molecule has 0 bridgehead atoms. The molecule has 2 heterocycles. The molecule has 0 spiro atoms. The summed E-state index contributed by atoms with van der Waals surface area (Å²) in [6.07, 6.45) is 0.0448. The number of hydrogen-bond acceptors (Lipinski definition) is 6. The normalized spacial score (nSPS) is 16.8. The van der Waals surface area contributed by atoms with Gasteiger partial charge in [-0.05, 0) is 29.8 Å². The van der Waals surface area contributed by atoms with Crippen LogP contribution in [-0.2, 0) is 4.79 Å². The first kappa shape index (κ1) is 17.3. The van der Waals surface area contributed by atoms with E-state index in [0.717, 1.165) is 5.56 Å². The summed E-state index contributed by atoms with van der Waals surface area (Å²) in [5, 5.41) is 11.0. The van der Waals surface area contributed by atoms with E-state index < -0.39 is 11.9 Å². The lowest BCUT2D eigenvalue weighted by Crippen LogP contribution is -2.22. The van der Waals surface area contributed by atoms with Gasteiger partial charge in [0, 0.05) is 17.0 Å². The summed E-state index contributed by atoms with van der Waals surface area (Å²) in [4.78, 5) is 25.1. The molecule has 2 aliphatic heterocycles. The number of carbonyl (C=O) groups is 2. The van der Waals surface area contributed by atoms with E-state index in [2.05, 4.69) is 0 Å². The van der Waals surface area contributed by atoms with Gasteiger partial charge in [0.05, 0.1) is 12.0 Å². The fourth-order valence-corrected chi connectivity index (χ4v) is 3.79. The zero-order valence-corrected chi connectivity index (χ0v) is 15.3. The fraction of sp³-hybridized carbons (Fsp3) is 0.130. The highest BCUT2D eigenvalue weighted by Crippen LogP contribution is 2.47. The summed E-state index contributed by atoms with van der Waals surface area (Å²) in [7, 11) is 0. The number of phenols is 1. The van der Waals surface area contributed by atoms with Crippen molar-refractivity contribution in [3.05, 3.63) is 82.9 Å². The molecule has 1 N–H and O–H groups in total. The summed E-state index contributed by atoms with van der Waals surface area (Å²) >= 11 is 0. The van der Waals surface area contributed by atoms with E-state index in [9.17, 15) is 14.7 Å². The first-order valence-electron chi connectivity index (χ1n) is 9.17. The van der Waals surface area contributed by atoms with Crippen LogP contribution in [0.4, 0.5) is 0 Å². The first-order chi connectivity index (χ1) is 14.1. The van der Waals surface area contributed by atoms with Crippen LogP contribution in [0, 0.1) is 0 Å². The molecule has 0 aromatic heterocycles. The third kappa shape index (κ3) is 2.89. The van der Waals surface area contributed by atoms with Crippen molar-refractivity contribution in [2.45, 2.75) is 12.3 Å². The molecule has 0 saturated heterocycles. The molecule has 1 atom stereocenters. The van der Waals surface area contributed by atoms with Crippen molar-refractivity contribution in [3.63, 3.8) is 0 Å². The average molecular weight is 388 g/mol. The zero-order chi connectivity index (χ0) is 20.0. The van der Waals surface area contributed by atoms with Crippen molar-refractivity contribution in [1.82, 2.24) is 0 Å². The van der Waals surface area contributed by atoms with Crippen LogP contribution < -0.4 is 14.2 Å². The van der Waals surface area contributed by atoms with Crippen LogP contribution in [0.5, 0.6) is 23.0 Å². The van der Waals surface area contributed by atoms with E-state index in [1.165, 1.54) is 6.07 Å². The predicted molar refractivity (Wildman–Crippen MR) is 103 cm³/mol. The Balaban J connectivity index is 1.62. The molecule has 1 unspecified atom stereocenters. The minimum atomic E-state index is -0.468. The lowest BCUT2D eigenvalue weighted by atomic mass is 9.84. The molecule has 0 aliphatic carbocycles. The molecule has 29 heavy (non-hydrogen) atoms. The Morgan fingerprint density at radius 3 is 2.52 bits per heavy atom. The van der Waals surface area contributed by atoms with E-state index in [1.807, 2.05) is 12.1 Å². The van der Waals surface area contributed by atoms with Gasteiger partial charge in [0.2, 0.25) is 6.79 Å². The lowest BCUT2D eigenvalue weighted by Gasteiger charge is -2.26. The average Bonchev–Trinajstić information content (AvgIpc) is 3.21. The topological polar surface area (TPSA) is 82.1 Å².